The number of hydrogen-bond donors (Lipinski definition) is 5. The molecule has 5 unspecified atom stereocenters. The van der Waals surface area contributed by atoms with Crippen LogP contribution in [0.3, 0.4) is 0 Å². The maximum Gasteiger partial charge on any atom is 0.472 e. The third kappa shape index (κ3) is 53.5. The summed E-state index contributed by atoms with van der Waals surface area (Å²) in [6.07, 6.45) is 59.2. The third-order valence-electron chi connectivity index (χ3n) is 10.7. The zero-order chi connectivity index (χ0) is 54.5. The van der Waals surface area contributed by atoms with E-state index in [1.54, 1.807) is 0 Å². The number of phosphoric acid groups is 2. The SMILES string of the molecule is CC/C=C\C/C=C\C/C=C\C/C=C\C/C=C\CCCCCCCC(=O)OCC(O)COP(=O)(O)OCC(O)COP(=O)(O)OCC(O)COC(=O)CCCCCCC/C=C\C/C=C\C/C=C\C/C=C\CCCCC. The van der Waals surface area contributed by atoms with Crippen molar-refractivity contribution in [1.29, 1.82) is 0 Å². The highest BCUT2D eigenvalue weighted by Crippen LogP contribution is 2.45. The summed E-state index contributed by atoms with van der Waals surface area (Å²) in [7, 11) is -9.61. The van der Waals surface area contributed by atoms with Gasteiger partial charge in [-0.15, -0.1) is 0 Å². The number of aliphatic hydroxyl groups is 3. The van der Waals surface area contributed by atoms with Crippen molar-refractivity contribution in [3.8, 4) is 0 Å². The van der Waals surface area contributed by atoms with Gasteiger partial charge in [0.15, 0.2) is 0 Å². The van der Waals surface area contributed by atoms with E-state index in [2.05, 4.69) is 132 Å². The second kappa shape index (κ2) is 51.8. The molecule has 0 saturated carbocycles. The highest BCUT2D eigenvalue weighted by Gasteiger charge is 2.28. The van der Waals surface area contributed by atoms with Crippen molar-refractivity contribution < 1.29 is 71.4 Å². The van der Waals surface area contributed by atoms with Crippen molar-refractivity contribution >= 4 is 27.6 Å². The Morgan fingerprint density at radius 3 is 0.932 bits per heavy atom. The maximum atomic E-state index is 12.2. The number of rotatable bonds is 51. The van der Waals surface area contributed by atoms with E-state index in [1.807, 2.05) is 0 Å². The van der Waals surface area contributed by atoms with Crippen molar-refractivity contribution in [2.75, 3.05) is 39.6 Å². The number of aliphatic hydroxyl groups excluding tert-OH is 3. The molecule has 0 aromatic rings. The van der Waals surface area contributed by atoms with Gasteiger partial charge in [-0.25, -0.2) is 9.13 Å². The van der Waals surface area contributed by atoms with Crippen molar-refractivity contribution in [3.05, 3.63) is 109 Å². The van der Waals surface area contributed by atoms with Gasteiger partial charge in [-0.1, -0.05) is 175 Å². The predicted octanol–water partition coefficient (Wildman–Crippen LogP) is 13.6. The summed E-state index contributed by atoms with van der Waals surface area (Å²) >= 11 is 0. The van der Waals surface area contributed by atoms with Gasteiger partial charge >= 0.3 is 27.6 Å². The first kappa shape index (κ1) is 70.7. The first-order valence-electron chi connectivity index (χ1n) is 27.2. The summed E-state index contributed by atoms with van der Waals surface area (Å²) in [5, 5.41) is 30.1. The van der Waals surface area contributed by atoms with Gasteiger partial charge in [-0.05, 0) is 103 Å². The Balaban J connectivity index is 3.91. The highest BCUT2D eigenvalue weighted by atomic mass is 31.2. The molecule has 5 N–H and O–H groups in total. The zero-order valence-corrected chi connectivity index (χ0v) is 46.8. The Kier molecular flexibility index (Phi) is 49.5. The average Bonchev–Trinajstić information content (AvgIpc) is 3.38. The molecule has 0 radical (unpaired) electrons. The van der Waals surface area contributed by atoms with Crippen LogP contribution in [0.25, 0.3) is 0 Å². The topological polar surface area (TPSA) is 225 Å². The standard InChI is InChI=1S/C57H96O15P2/c1-3-5-7-9-11-13-15-17-19-21-23-25-27-29-31-33-35-37-39-41-43-45-56(61)67-47-53(58)49-69-73(63,64)71-51-55(60)52-72-74(65,66)70-50-54(59)48-68-57(62)46-44-42-40-38-36-34-32-30-28-26-24-22-20-18-16-14-12-10-8-6-4-2/h5,7,11-14,17-20,23-26,29-32,53-55,58-60H,3-4,6,8-10,15-16,21-22,27-28,33-52H2,1-2H3,(H,63,64)(H,65,66)/b7-5-,13-11-,14-12-,19-17-,20-18-,25-23-,26-24-,31-29-,32-30-. The van der Waals surface area contributed by atoms with Crippen LogP contribution in [0.15, 0.2) is 109 Å². The molecule has 0 bridgehead atoms. The van der Waals surface area contributed by atoms with Gasteiger partial charge in [-0.2, -0.15) is 0 Å². The first-order valence-corrected chi connectivity index (χ1v) is 30.2. The van der Waals surface area contributed by atoms with E-state index in [9.17, 15) is 43.8 Å². The number of unbranched alkanes of at least 4 members (excludes halogenated alkanes) is 13. The molecule has 0 fully saturated rings. The number of phosphoric ester groups is 2. The molecule has 0 aromatic heterocycles. The number of carbonyl (C=O) groups excluding carboxylic acids is 2. The fraction of sp³-hybridized carbons (Fsp3) is 0.649. The van der Waals surface area contributed by atoms with E-state index in [1.165, 1.54) is 25.7 Å². The average molecular weight is 1080 g/mol. The van der Waals surface area contributed by atoms with Gasteiger partial charge < -0.3 is 34.6 Å². The zero-order valence-electron chi connectivity index (χ0n) is 45.0. The lowest BCUT2D eigenvalue weighted by Crippen LogP contribution is -2.25. The number of allylic oxidation sites excluding steroid dienone is 18. The second-order valence-electron chi connectivity index (χ2n) is 17.9. The maximum absolute atomic E-state index is 12.2. The normalized spacial score (nSPS) is 15.6. The molecule has 17 heteroatoms. The third-order valence-corrected chi connectivity index (χ3v) is 12.6. The lowest BCUT2D eigenvalue weighted by Gasteiger charge is -2.19. The van der Waals surface area contributed by atoms with Crippen LogP contribution in [0.4, 0.5) is 0 Å². The monoisotopic (exact) mass is 1080 g/mol. The molecule has 0 aliphatic carbocycles. The molecule has 0 aromatic carbocycles. The number of carbonyl (C=O) groups is 2. The van der Waals surface area contributed by atoms with Gasteiger partial charge in [0.05, 0.1) is 26.4 Å². The van der Waals surface area contributed by atoms with Crippen LogP contribution in [-0.4, -0.2) is 95.0 Å². The van der Waals surface area contributed by atoms with Crippen LogP contribution >= 0.6 is 15.6 Å². The van der Waals surface area contributed by atoms with E-state index in [-0.39, 0.29) is 12.8 Å². The van der Waals surface area contributed by atoms with Gasteiger partial charge in [0.1, 0.15) is 31.5 Å². The molecule has 0 aliphatic heterocycles. The Morgan fingerprint density at radius 1 is 0.365 bits per heavy atom. The molecule has 0 spiro atoms. The Hall–Kier alpha value is -3.30. The number of esters is 2. The lowest BCUT2D eigenvalue weighted by molar-refractivity contribution is -0.148. The van der Waals surface area contributed by atoms with Crippen LogP contribution in [0, 0.1) is 0 Å². The van der Waals surface area contributed by atoms with E-state index < -0.39 is 85.5 Å². The van der Waals surface area contributed by atoms with Gasteiger partial charge in [0.2, 0.25) is 0 Å². The second-order valence-corrected chi connectivity index (χ2v) is 20.8. The van der Waals surface area contributed by atoms with Crippen molar-refractivity contribution in [1.82, 2.24) is 0 Å². The Bertz CT molecular complexity index is 1740. The first-order chi connectivity index (χ1) is 35.8. The minimum Gasteiger partial charge on any atom is -0.463 e. The lowest BCUT2D eigenvalue weighted by atomic mass is 10.1. The van der Waals surface area contributed by atoms with E-state index >= 15 is 0 Å². The molecule has 15 nitrogen and oxygen atoms in total. The Morgan fingerprint density at radius 2 is 0.622 bits per heavy atom. The van der Waals surface area contributed by atoms with Crippen molar-refractivity contribution in [3.63, 3.8) is 0 Å². The quantitative estimate of drug-likeness (QED) is 0.0165. The van der Waals surface area contributed by atoms with Gasteiger partial charge in [0, 0.05) is 12.8 Å². The van der Waals surface area contributed by atoms with E-state index in [4.69, 9.17) is 18.5 Å². The molecule has 424 valence electrons. The number of ether oxygens (including phenoxy) is 2. The molecule has 0 rings (SSSR count). The van der Waals surface area contributed by atoms with Crippen LogP contribution in [-0.2, 0) is 46.3 Å². The summed E-state index contributed by atoms with van der Waals surface area (Å²) < 4.78 is 53.1. The van der Waals surface area contributed by atoms with Crippen molar-refractivity contribution in [2.45, 2.75) is 199 Å². The summed E-state index contributed by atoms with van der Waals surface area (Å²) in [5.74, 6) is -1.04. The minimum absolute atomic E-state index is 0.168. The van der Waals surface area contributed by atoms with Crippen LogP contribution < -0.4 is 0 Å². The molecule has 5 atom stereocenters. The summed E-state index contributed by atoms with van der Waals surface area (Å²) in [4.78, 5) is 43.9. The molecule has 0 aliphatic rings. The fourth-order valence-electron chi connectivity index (χ4n) is 6.52. The van der Waals surface area contributed by atoms with Crippen LogP contribution in [0.5, 0.6) is 0 Å². The summed E-state index contributed by atoms with van der Waals surface area (Å²) in [6.45, 7) is 0.224. The van der Waals surface area contributed by atoms with E-state index in [0.29, 0.717) is 12.8 Å². The van der Waals surface area contributed by atoms with Crippen LogP contribution in [0.1, 0.15) is 181 Å². The van der Waals surface area contributed by atoms with E-state index in [0.717, 1.165) is 116 Å². The summed E-state index contributed by atoms with van der Waals surface area (Å²) in [6, 6.07) is 0. The fourth-order valence-corrected chi connectivity index (χ4v) is 8.11. The minimum atomic E-state index is -4.80. The largest absolute Gasteiger partial charge is 0.472 e. The Labute approximate surface area is 445 Å². The van der Waals surface area contributed by atoms with Crippen molar-refractivity contribution in [2.24, 2.45) is 0 Å². The molecule has 0 heterocycles. The van der Waals surface area contributed by atoms with Gasteiger partial charge in [-0.3, -0.25) is 27.7 Å². The van der Waals surface area contributed by atoms with Crippen LogP contribution in [0.2, 0.25) is 0 Å². The van der Waals surface area contributed by atoms with Gasteiger partial charge in [0.25, 0.3) is 0 Å². The number of hydrogen-bond acceptors (Lipinski definition) is 13. The molecule has 0 saturated heterocycles. The molecular formula is C57H96O15P2. The smallest absolute Gasteiger partial charge is 0.463 e. The molecule has 74 heavy (non-hydrogen) atoms. The highest BCUT2D eigenvalue weighted by molar-refractivity contribution is 7.47. The molecular weight excluding hydrogens is 987 g/mol. The summed E-state index contributed by atoms with van der Waals surface area (Å²) in [5.41, 5.74) is 0. The molecule has 0 amide bonds. The predicted molar refractivity (Wildman–Crippen MR) is 297 cm³/mol.